The van der Waals surface area contributed by atoms with E-state index in [4.69, 9.17) is 4.74 Å². The van der Waals surface area contributed by atoms with E-state index in [9.17, 15) is 19.8 Å². The molecule has 0 spiro atoms. The third-order valence-electron chi connectivity index (χ3n) is 11.9. The van der Waals surface area contributed by atoms with Gasteiger partial charge in [0.2, 0.25) is 5.91 Å². The molecule has 0 saturated heterocycles. The first-order chi connectivity index (χ1) is 29.5. The van der Waals surface area contributed by atoms with Crippen molar-refractivity contribution in [3.63, 3.8) is 0 Å². The number of amides is 1. The molecule has 0 aromatic carbocycles. The predicted octanol–water partition coefficient (Wildman–Crippen LogP) is 15.7. The Bertz CT molecular complexity index is 977. The molecule has 0 rings (SSSR count). The molecule has 0 aliphatic carbocycles. The summed E-state index contributed by atoms with van der Waals surface area (Å²) in [5, 5.41) is 23.2. The Hall–Kier alpha value is -1.92. The number of ether oxygens (including phenoxy) is 1. The van der Waals surface area contributed by atoms with Gasteiger partial charge in [-0.15, -0.1) is 0 Å². The molecule has 0 radical (unpaired) electrons. The van der Waals surface area contributed by atoms with Gasteiger partial charge >= 0.3 is 5.97 Å². The zero-order chi connectivity index (χ0) is 43.7. The minimum atomic E-state index is -0.697. The van der Waals surface area contributed by atoms with E-state index in [1.165, 1.54) is 154 Å². The molecule has 0 aromatic heterocycles. The lowest BCUT2D eigenvalue weighted by molar-refractivity contribution is -0.143. The number of esters is 1. The fraction of sp³-hybridized carbons (Fsp3) is 0.852. The van der Waals surface area contributed by atoms with Crippen molar-refractivity contribution < 1.29 is 24.5 Å². The Morgan fingerprint density at radius 1 is 0.467 bits per heavy atom. The van der Waals surface area contributed by atoms with Crippen LogP contribution in [0.5, 0.6) is 0 Å². The Morgan fingerprint density at radius 3 is 1.38 bits per heavy atom. The van der Waals surface area contributed by atoms with Crippen LogP contribution in [-0.2, 0) is 14.3 Å². The quantitative estimate of drug-likeness (QED) is 0.0322. The molecule has 2 atom stereocenters. The van der Waals surface area contributed by atoms with Gasteiger partial charge in [0.25, 0.3) is 0 Å². The monoisotopic (exact) mass is 844 g/mol. The van der Waals surface area contributed by atoms with Crippen LogP contribution in [-0.4, -0.2) is 47.4 Å². The van der Waals surface area contributed by atoms with E-state index in [1.807, 2.05) is 0 Å². The van der Waals surface area contributed by atoms with E-state index in [0.29, 0.717) is 25.9 Å². The topological polar surface area (TPSA) is 95.9 Å². The van der Waals surface area contributed by atoms with E-state index >= 15 is 0 Å². The molecule has 0 aromatic rings. The van der Waals surface area contributed by atoms with Crippen LogP contribution < -0.4 is 5.32 Å². The van der Waals surface area contributed by atoms with Gasteiger partial charge < -0.3 is 20.3 Å². The van der Waals surface area contributed by atoms with Gasteiger partial charge in [0.05, 0.1) is 25.4 Å². The zero-order valence-corrected chi connectivity index (χ0v) is 39.9. The summed E-state index contributed by atoms with van der Waals surface area (Å²) >= 11 is 0. The van der Waals surface area contributed by atoms with Crippen LogP contribution in [0.15, 0.2) is 36.5 Å². The van der Waals surface area contributed by atoms with Crippen LogP contribution in [0.4, 0.5) is 0 Å². The lowest BCUT2D eigenvalue weighted by Gasteiger charge is -2.22. The normalized spacial score (nSPS) is 12.9. The summed E-state index contributed by atoms with van der Waals surface area (Å²) in [7, 11) is 0. The van der Waals surface area contributed by atoms with Crippen molar-refractivity contribution >= 4 is 11.9 Å². The SMILES string of the molecule is CCC/C=C\C/C=C\CCCCCCCC(=O)OCCCCCC/C=C\CCCC(=O)NC(CO)C(O)CCCCCCCCCCCCCCCCCCCCCCC. The molecule has 1 amide bonds. The summed E-state index contributed by atoms with van der Waals surface area (Å²) in [6.07, 6.45) is 59.8. The van der Waals surface area contributed by atoms with Crippen molar-refractivity contribution in [1.82, 2.24) is 5.32 Å². The lowest BCUT2D eigenvalue weighted by atomic mass is 10.0. The van der Waals surface area contributed by atoms with E-state index in [1.54, 1.807) is 0 Å². The van der Waals surface area contributed by atoms with E-state index in [0.717, 1.165) is 83.5 Å². The van der Waals surface area contributed by atoms with Gasteiger partial charge in [-0.25, -0.2) is 0 Å². The summed E-state index contributed by atoms with van der Waals surface area (Å²) in [6, 6.07) is -0.581. The summed E-state index contributed by atoms with van der Waals surface area (Å²) in [6.45, 7) is 4.79. The zero-order valence-electron chi connectivity index (χ0n) is 39.9. The number of unbranched alkanes of at least 4 members (excludes halogenated alkanes) is 31. The molecule has 0 bridgehead atoms. The second kappa shape index (κ2) is 49.7. The van der Waals surface area contributed by atoms with Crippen LogP contribution in [0.3, 0.4) is 0 Å². The molecule has 0 aliphatic heterocycles. The molecule has 0 fully saturated rings. The number of allylic oxidation sites excluding steroid dienone is 6. The lowest BCUT2D eigenvalue weighted by Crippen LogP contribution is -2.45. The highest BCUT2D eigenvalue weighted by Crippen LogP contribution is 2.16. The Kier molecular flexibility index (Phi) is 48.1. The Balaban J connectivity index is 3.55. The van der Waals surface area contributed by atoms with Gasteiger partial charge in [-0.2, -0.15) is 0 Å². The molecule has 2 unspecified atom stereocenters. The number of hydrogen-bond acceptors (Lipinski definition) is 5. The summed E-state index contributed by atoms with van der Waals surface area (Å²) in [5.41, 5.74) is 0. The highest BCUT2D eigenvalue weighted by atomic mass is 16.5. The Labute approximate surface area is 373 Å². The first-order valence-electron chi connectivity index (χ1n) is 26.2. The third-order valence-corrected chi connectivity index (χ3v) is 11.9. The molecule has 6 nitrogen and oxygen atoms in total. The summed E-state index contributed by atoms with van der Waals surface area (Å²) in [5.74, 6) is -0.147. The molecule has 0 heterocycles. The first-order valence-corrected chi connectivity index (χ1v) is 26.2. The predicted molar refractivity (Wildman–Crippen MR) is 259 cm³/mol. The van der Waals surface area contributed by atoms with Crippen LogP contribution in [0, 0.1) is 0 Å². The van der Waals surface area contributed by atoms with Crippen LogP contribution in [0.1, 0.15) is 271 Å². The van der Waals surface area contributed by atoms with Crippen molar-refractivity contribution in [3.8, 4) is 0 Å². The van der Waals surface area contributed by atoms with Crippen molar-refractivity contribution in [1.29, 1.82) is 0 Å². The fourth-order valence-corrected chi connectivity index (χ4v) is 7.86. The molecule has 352 valence electrons. The second-order valence-electron chi connectivity index (χ2n) is 17.8. The number of carbonyl (C=O) groups is 2. The fourth-order valence-electron chi connectivity index (χ4n) is 7.86. The van der Waals surface area contributed by atoms with Crippen LogP contribution >= 0.6 is 0 Å². The molecule has 60 heavy (non-hydrogen) atoms. The van der Waals surface area contributed by atoms with Crippen molar-refractivity contribution in [2.75, 3.05) is 13.2 Å². The van der Waals surface area contributed by atoms with Crippen molar-refractivity contribution in [3.05, 3.63) is 36.5 Å². The second-order valence-corrected chi connectivity index (χ2v) is 17.8. The van der Waals surface area contributed by atoms with Gasteiger partial charge in [-0.1, -0.05) is 224 Å². The molecule has 0 saturated carbocycles. The first kappa shape index (κ1) is 58.1. The highest BCUT2D eigenvalue weighted by molar-refractivity contribution is 5.76. The van der Waals surface area contributed by atoms with Gasteiger partial charge in [0.15, 0.2) is 0 Å². The molecule has 3 N–H and O–H groups in total. The smallest absolute Gasteiger partial charge is 0.305 e. The number of aliphatic hydroxyl groups is 2. The number of hydrogen-bond donors (Lipinski definition) is 3. The van der Waals surface area contributed by atoms with Gasteiger partial charge in [-0.05, 0) is 70.6 Å². The van der Waals surface area contributed by atoms with Crippen molar-refractivity contribution in [2.45, 2.75) is 283 Å². The largest absolute Gasteiger partial charge is 0.466 e. The standard InChI is InChI=1S/C54H101NO5/c1-3-5-7-9-11-13-15-17-18-19-20-21-22-23-24-26-27-30-34-38-42-46-52(57)51(50-56)55-53(58)47-43-39-35-31-29-33-37-41-45-49-60-54(59)48-44-40-36-32-28-25-16-14-12-10-8-6-4-2/h8,10,14,16,31,35,51-52,56-57H,3-7,9,11-13,15,17-30,32-34,36-50H2,1-2H3,(H,55,58)/b10-8-,16-14-,35-31-. The molecular weight excluding hydrogens is 743 g/mol. The average molecular weight is 844 g/mol. The average Bonchev–Trinajstić information content (AvgIpc) is 3.25. The number of aliphatic hydroxyl groups excluding tert-OH is 2. The van der Waals surface area contributed by atoms with E-state index in [2.05, 4.69) is 55.6 Å². The van der Waals surface area contributed by atoms with Gasteiger partial charge in [0, 0.05) is 12.8 Å². The third kappa shape index (κ3) is 45.6. The van der Waals surface area contributed by atoms with Crippen LogP contribution in [0.2, 0.25) is 0 Å². The maximum Gasteiger partial charge on any atom is 0.305 e. The number of rotatable bonds is 48. The molecular formula is C54H101NO5. The van der Waals surface area contributed by atoms with Gasteiger partial charge in [-0.3, -0.25) is 9.59 Å². The number of carbonyl (C=O) groups excluding carboxylic acids is 2. The Morgan fingerprint density at radius 2 is 0.883 bits per heavy atom. The maximum atomic E-state index is 12.4. The van der Waals surface area contributed by atoms with E-state index in [-0.39, 0.29) is 18.5 Å². The van der Waals surface area contributed by atoms with Gasteiger partial charge in [0.1, 0.15) is 0 Å². The molecule has 6 heteroatoms. The number of nitrogens with one attached hydrogen (secondary N) is 1. The van der Waals surface area contributed by atoms with Crippen LogP contribution in [0.25, 0.3) is 0 Å². The molecule has 0 aliphatic rings. The highest BCUT2D eigenvalue weighted by Gasteiger charge is 2.20. The maximum absolute atomic E-state index is 12.4. The summed E-state index contributed by atoms with van der Waals surface area (Å²) < 4.78 is 5.42. The minimum Gasteiger partial charge on any atom is -0.466 e. The minimum absolute atomic E-state index is 0.0509. The van der Waals surface area contributed by atoms with Crippen molar-refractivity contribution in [2.24, 2.45) is 0 Å². The summed E-state index contributed by atoms with van der Waals surface area (Å²) in [4.78, 5) is 24.4. The van der Waals surface area contributed by atoms with E-state index < -0.39 is 12.1 Å².